The van der Waals surface area contributed by atoms with Gasteiger partial charge in [0, 0.05) is 24.8 Å². The van der Waals surface area contributed by atoms with Crippen molar-refractivity contribution < 1.29 is 9.94 Å². The Balaban J connectivity index is 2.74. The molecule has 1 aromatic carbocycles. The Morgan fingerprint density at radius 2 is 2.00 bits per heavy atom. The van der Waals surface area contributed by atoms with Gasteiger partial charge in [-0.1, -0.05) is 17.3 Å². The van der Waals surface area contributed by atoms with Gasteiger partial charge < -0.3 is 20.6 Å². The van der Waals surface area contributed by atoms with E-state index in [1.807, 2.05) is 57.0 Å². The highest BCUT2D eigenvalue weighted by Gasteiger charge is 2.13. The summed E-state index contributed by atoms with van der Waals surface area (Å²) in [7, 11) is 1.95. The number of benzene rings is 1. The highest BCUT2D eigenvalue weighted by Crippen LogP contribution is 2.19. The summed E-state index contributed by atoms with van der Waals surface area (Å²) in [5.41, 5.74) is 7.15. The van der Waals surface area contributed by atoms with Gasteiger partial charge in [-0.15, -0.1) is 0 Å². The van der Waals surface area contributed by atoms with Crippen molar-refractivity contribution in [1.82, 2.24) is 0 Å². The number of nitrogens with zero attached hydrogens (tertiary/aromatic N) is 2. The molecule has 0 atom stereocenters. The van der Waals surface area contributed by atoms with Crippen LogP contribution < -0.4 is 10.6 Å². The number of anilines is 1. The maximum Gasteiger partial charge on any atom is 0.172 e. The van der Waals surface area contributed by atoms with Crippen LogP contribution in [-0.2, 0) is 4.74 Å². The third kappa shape index (κ3) is 4.79. The molecule has 0 heterocycles. The number of rotatable bonds is 5. The Kier molecular flexibility index (Phi) is 5.18. The Bertz CT molecular complexity index is 439. The van der Waals surface area contributed by atoms with Crippen molar-refractivity contribution in [2.24, 2.45) is 10.9 Å². The molecule has 1 aromatic rings. The minimum absolute atomic E-state index is 0.110. The fourth-order valence-electron chi connectivity index (χ4n) is 1.69. The summed E-state index contributed by atoms with van der Waals surface area (Å²) in [6.07, 6.45) is 0. The van der Waals surface area contributed by atoms with Crippen LogP contribution in [0.3, 0.4) is 0 Å². The van der Waals surface area contributed by atoms with Gasteiger partial charge in [-0.3, -0.25) is 0 Å². The molecule has 3 N–H and O–H groups in total. The molecule has 5 heteroatoms. The van der Waals surface area contributed by atoms with Gasteiger partial charge in [0.25, 0.3) is 0 Å². The van der Waals surface area contributed by atoms with E-state index >= 15 is 0 Å². The van der Waals surface area contributed by atoms with Gasteiger partial charge in [-0.2, -0.15) is 0 Å². The van der Waals surface area contributed by atoms with E-state index < -0.39 is 0 Å². The third-order valence-corrected chi connectivity index (χ3v) is 2.66. The number of hydrogen-bond acceptors (Lipinski definition) is 4. The minimum Gasteiger partial charge on any atom is -0.409 e. The van der Waals surface area contributed by atoms with Crippen molar-refractivity contribution in [3.05, 3.63) is 29.8 Å². The van der Waals surface area contributed by atoms with E-state index in [1.54, 1.807) is 0 Å². The first-order valence-electron chi connectivity index (χ1n) is 6.27. The highest BCUT2D eigenvalue weighted by atomic mass is 16.5. The maximum absolute atomic E-state index is 8.80. The third-order valence-electron chi connectivity index (χ3n) is 2.66. The number of para-hydroxylation sites is 1. The van der Waals surface area contributed by atoms with Crippen LogP contribution >= 0.6 is 0 Å². The van der Waals surface area contributed by atoms with E-state index in [-0.39, 0.29) is 11.4 Å². The normalized spacial score (nSPS) is 12.5. The summed E-state index contributed by atoms with van der Waals surface area (Å²) in [6, 6.07) is 7.54. The number of hydrogen-bond donors (Lipinski definition) is 2. The van der Waals surface area contributed by atoms with Crippen molar-refractivity contribution in [3.63, 3.8) is 0 Å². The molecular weight excluding hydrogens is 242 g/mol. The number of oxime groups is 1. The molecule has 0 aliphatic carbocycles. The fraction of sp³-hybridized carbons (Fsp3) is 0.500. The lowest BCUT2D eigenvalue weighted by atomic mass is 10.1. The molecular formula is C14H23N3O2. The van der Waals surface area contributed by atoms with Crippen molar-refractivity contribution in [2.45, 2.75) is 26.4 Å². The van der Waals surface area contributed by atoms with Crippen LogP contribution in [0.15, 0.2) is 29.4 Å². The molecule has 0 saturated heterocycles. The predicted molar refractivity (Wildman–Crippen MR) is 77.9 cm³/mol. The molecule has 106 valence electrons. The number of nitrogens with two attached hydrogens (primary N) is 1. The van der Waals surface area contributed by atoms with Crippen LogP contribution in [0, 0.1) is 0 Å². The van der Waals surface area contributed by atoms with E-state index in [2.05, 4.69) is 5.16 Å². The molecule has 0 radical (unpaired) electrons. The van der Waals surface area contributed by atoms with Gasteiger partial charge in [-0.25, -0.2) is 0 Å². The molecule has 0 aromatic heterocycles. The second kappa shape index (κ2) is 6.43. The average Bonchev–Trinajstić information content (AvgIpc) is 2.36. The average molecular weight is 265 g/mol. The van der Waals surface area contributed by atoms with Crippen LogP contribution in [-0.4, -0.2) is 36.8 Å². The smallest absolute Gasteiger partial charge is 0.172 e. The molecule has 0 fully saturated rings. The molecule has 1 rings (SSSR count). The standard InChI is InChI=1S/C14H23N3O2/c1-14(2,3)19-10-9-17(4)12-8-6-5-7-11(12)13(15)16-18/h5-8,18H,9-10H2,1-4H3,(H2,15,16). The second-order valence-electron chi connectivity index (χ2n) is 5.38. The summed E-state index contributed by atoms with van der Waals surface area (Å²) in [5, 5.41) is 11.9. The summed E-state index contributed by atoms with van der Waals surface area (Å²) in [6.45, 7) is 7.42. The highest BCUT2D eigenvalue weighted by molar-refractivity contribution is 6.02. The number of ether oxygens (including phenoxy) is 1. The van der Waals surface area contributed by atoms with Crippen molar-refractivity contribution in [3.8, 4) is 0 Å². The maximum atomic E-state index is 8.80. The Morgan fingerprint density at radius 3 is 2.58 bits per heavy atom. The Morgan fingerprint density at radius 1 is 1.37 bits per heavy atom. The van der Waals surface area contributed by atoms with Gasteiger partial charge in [0.15, 0.2) is 5.84 Å². The molecule has 0 unspecified atom stereocenters. The van der Waals surface area contributed by atoms with Crippen LogP contribution in [0.25, 0.3) is 0 Å². The van der Waals surface area contributed by atoms with E-state index in [0.717, 1.165) is 12.2 Å². The summed E-state index contributed by atoms with van der Waals surface area (Å²) < 4.78 is 5.70. The van der Waals surface area contributed by atoms with E-state index in [4.69, 9.17) is 15.7 Å². The van der Waals surface area contributed by atoms with E-state index in [0.29, 0.717) is 12.2 Å². The first-order valence-corrected chi connectivity index (χ1v) is 6.27. The zero-order valence-corrected chi connectivity index (χ0v) is 12.1. The molecule has 0 spiro atoms. The van der Waals surface area contributed by atoms with E-state index in [9.17, 15) is 0 Å². The molecule has 0 amide bonds. The summed E-state index contributed by atoms with van der Waals surface area (Å²) >= 11 is 0. The molecule has 0 saturated carbocycles. The lowest BCUT2D eigenvalue weighted by Crippen LogP contribution is -2.29. The zero-order chi connectivity index (χ0) is 14.5. The van der Waals surface area contributed by atoms with Crippen molar-refractivity contribution >= 4 is 11.5 Å². The molecule has 19 heavy (non-hydrogen) atoms. The molecule has 0 bridgehead atoms. The molecule has 0 aliphatic heterocycles. The van der Waals surface area contributed by atoms with Gasteiger partial charge in [-0.05, 0) is 32.9 Å². The predicted octanol–water partition coefficient (Wildman–Crippen LogP) is 2.03. The summed E-state index contributed by atoms with van der Waals surface area (Å²) in [4.78, 5) is 2.03. The van der Waals surface area contributed by atoms with Crippen molar-refractivity contribution in [2.75, 3.05) is 25.1 Å². The SMILES string of the molecule is CN(CCOC(C)(C)C)c1ccccc1/C(N)=N/O. The monoisotopic (exact) mass is 265 g/mol. The number of likely N-dealkylation sites (N-methyl/N-ethyl adjacent to an activating group) is 1. The first-order chi connectivity index (χ1) is 8.85. The van der Waals surface area contributed by atoms with Gasteiger partial charge in [0.2, 0.25) is 0 Å². The van der Waals surface area contributed by atoms with Gasteiger partial charge in [0.05, 0.1) is 12.2 Å². The van der Waals surface area contributed by atoms with Gasteiger partial charge >= 0.3 is 0 Å². The largest absolute Gasteiger partial charge is 0.409 e. The quantitative estimate of drug-likeness (QED) is 0.370. The Labute approximate surface area is 114 Å². The lowest BCUT2D eigenvalue weighted by Gasteiger charge is -2.25. The van der Waals surface area contributed by atoms with E-state index in [1.165, 1.54) is 0 Å². The molecule has 5 nitrogen and oxygen atoms in total. The number of amidine groups is 1. The first kappa shape index (κ1) is 15.3. The van der Waals surface area contributed by atoms with Crippen LogP contribution in [0.4, 0.5) is 5.69 Å². The second-order valence-corrected chi connectivity index (χ2v) is 5.38. The topological polar surface area (TPSA) is 71.1 Å². The minimum atomic E-state index is -0.147. The van der Waals surface area contributed by atoms with Crippen LogP contribution in [0.2, 0.25) is 0 Å². The summed E-state index contributed by atoms with van der Waals surface area (Å²) in [5.74, 6) is 0.110. The Hall–Kier alpha value is -1.75. The lowest BCUT2D eigenvalue weighted by molar-refractivity contribution is 0.00168. The zero-order valence-electron chi connectivity index (χ0n) is 12.1. The fourth-order valence-corrected chi connectivity index (χ4v) is 1.69. The molecule has 0 aliphatic rings. The van der Waals surface area contributed by atoms with Crippen molar-refractivity contribution in [1.29, 1.82) is 0 Å². The van der Waals surface area contributed by atoms with Crippen LogP contribution in [0.5, 0.6) is 0 Å². The van der Waals surface area contributed by atoms with Crippen LogP contribution in [0.1, 0.15) is 26.3 Å². The van der Waals surface area contributed by atoms with Gasteiger partial charge in [0.1, 0.15) is 0 Å².